The molecule has 0 aromatic rings. The molecule has 0 radical (unpaired) electrons. The Kier molecular flexibility index (Phi) is 8.25. The summed E-state index contributed by atoms with van der Waals surface area (Å²) < 4.78 is 10.3. The number of rotatable bonds is 3. The summed E-state index contributed by atoms with van der Waals surface area (Å²) in [5, 5.41) is 8.79. The molecule has 17 heavy (non-hydrogen) atoms. The maximum atomic E-state index is 10.3. The summed E-state index contributed by atoms with van der Waals surface area (Å²) in [6.07, 6.45) is 6.81. The highest BCUT2D eigenvalue weighted by atomic mass is 31.2. The van der Waals surface area contributed by atoms with E-state index in [1.54, 1.807) is 13.8 Å². The highest BCUT2D eigenvalue weighted by Crippen LogP contribution is 2.42. The van der Waals surface area contributed by atoms with Gasteiger partial charge in [0.1, 0.15) is 0 Å². The summed E-state index contributed by atoms with van der Waals surface area (Å²) >= 11 is 0. The lowest BCUT2D eigenvalue weighted by molar-refractivity contribution is 0.180. The number of hydrogen-bond donors (Lipinski definition) is 4. The van der Waals surface area contributed by atoms with E-state index in [-0.39, 0.29) is 12.3 Å². The van der Waals surface area contributed by atoms with E-state index in [0.717, 1.165) is 0 Å². The van der Waals surface area contributed by atoms with E-state index in [1.165, 1.54) is 32.1 Å². The molecule has 0 aromatic carbocycles. The first kappa shape index (κ1) is 17.1. The zero-order valence-electron chi connectivity index (χ0n) is 10.7. The molecular weight excluding hydrogens is 241 g/mol. The minimum absolute atomic E-state index is 0.0997. The maximum absolute atomic E-state index is 10.3. The largest absolute Gasteiger partial charge is 0.380 e. The van der Waals surface area contributed by atoms with Crippen molar-refractivity contribution < 1.29 is 19.5 Å². The van der Waals surface area contributed by atoms with Crippen molar-refractivity contribution in [2.75, 3.05) is 0 Å². The Morgan fingerprint density at radius 3 is 1.88 bits per heavy atom. The molecule has 0 spiro atoms. The number of aliphatic hydroxyl groups excluding tert-OH is 1. The Labute approximate surface area is 104 Å². The van der Waals surface area contributed by atoms with Crippen molar-refractivity contribution in [3.05, 3.63) is 0 Å². The fourth-order valence-corrected chi connectivity index (χ4v) is 2.39. The summed E-state index contributed by atoms with van der Waals surface area (Å²) in [6, 6.07) is 0.536. The van der Waals surface area contributed by atoms with Crippen LogP contribution in [0.15, 0.2) is 0 Å². The van der Waals surface area contributed by atoms with Crippen LogP contribution in [-0.2, 0) is 4.57 Å². The van der Waals surface area contributed by atoms with Crippen molar-refractivity contribution in [1.82, 2.24) is 0 Å². The minimum Gasteiger partial charge on any atom is -0.380 e. The smallest absolute Gasteiger partial charge is 0.353 e. The molecule has 0 saturated heterocycles. The first-order valence-corrected chi connectivity index (χ1v) is 7.90. The van der Waals surface area contributed by atoms with Gasteiger partial charge in [-0.05, 0) is 25.2 Å². The van der Waals surface area contributed by atoms with Gasteiger partial charge in [0.05, 0.1) is 0 Å². The normalized spacial score (nSPS) is 19.7. The maximum Gasteiger partial charge on any atom is 0.353 e. The summed E-state index contributed by atoms with van der Waals surface area (Å²) in [5.74, 6) is -1.39. The first-order valence-electron chi connectivity index (χ1n) is 6.22. The Hall–Kier alpha value is 0.0700. The zero-order valence-corrected chi connectivity index (χ0v) is 11.6. The Balaban J connectivity index is 0.000000318. The van der Waals surface area contributed by atoms with Gasteiger partial charge >= 0.3 is 7.60 Å². The monoisotopic (exact) mass is 267 g/mol. The van der Waals surface area contributed by atoms with E-state index >= 15 is 0 Å². The molecule has 1 fully saturated rings. The zero-order chi connectivity index (χ0) is 13.5. The second-order valence-corrected chi connectivity index (χ2v) is 6.87. The van der Waals surface area contributed by atoms with E-state index in [2.05, 4.69) is 0 Å². The van der Waals surface area contributed by atoms with E-state index in [0.29, 0.717) is 6.04 Å². The highest BCUT2D eigenvalue weighted by Gasteiger charge is 2.26. The van der Waals surface area contributed by atoms with Gasteiger partial charge in [-0.1, -0.05) is 33.1 Å². The molecule has 1 aliphatic carbocycles. The van der Waals surface area contributed by atoms with Crippen LogP contribution >= 0.6 is 7.60 Å². The third-order valence-electron chi connectivity index (χ3n) is 2.72. The average Bonchev–Trinajstić information content (AvgIpc) is 2.17. The van der Waals surface area contributed by atoms with Crippen LogP contribution in [0.2, 0.25) is 0 Å². The number of nitrogens with two attached hydrogens (primary N) is 1. The van der Waals surface area contributed by atoms with Crippen molar-refractivity contribution in [2.45, 2.75) is 64.3 Å². The predicted molar refractivity (Wildman–Crippen MR) is 68.6 cm³/mol. The lowest BCUT2D eigenvalue weighted by Crippen LogP contribution is -2.22. The second-order valence-electron chi connectivity index (χ2n) is 5.10. The molecule has 6 heteroatoms. The fourth-order valence-electron chi connectivity index (χ4n) is 1.69. The van der Waals surface area contributed by atoms with Gasteiger partial charge in [0.25, 0.3) is 0 Å². The van der Waals surface area contributed by atoms with Gasteiger partial charge in [-0.3, -0.25) is 4.57 Å². The Bertz CT molecular complexity index is 236. The number of aliphatic hydroxyl groups is 1. The van der Waals surface area contributed by atoms with E-state index in [4.69, 9.17) is 20.6 Å². The molecule has 1 rings (SSSR count). The standard InChI is InChI=1S/C6H13N.C5H13O4P/c7-6-4-2-1-3-5-6;1-4(2)3-5(6)10(7,8)9/h6H,1-5,7H2;4-6H,3H2,1-2H3,(H2,7,8,9). The molecule has 0 bridgehead atoms. The average molecular weight is 267 g/mol. The van der Waals surface area contributed by atoms with Crippen molar-refractivity contribution in [3.8, 4) is 0 Å². The number of hydrogen-bond acceptors (Lipinski definition) is 3. The van der Waals surface area contributed by atoms with Crippen molar-refractivity contribution in [2.24, 2.45) is 11.7 Å². The summed E-state index contributed by atoms with van der Waals surface area (Å²) in [5.41, 5.74) is 5.63. The van der Waals surface area contributed by atoms with Gasteiger partial charge in [0.15, 0.2) is 5.85 Å². The summed E-state index contributed by atoms with van der Waals surface area (Å²) in [6.45, 7) is 3.58. The van der Waals surface area contributed by atoms with Crippen molar-refractivity contribution >= 4 is 7.60 Å². The lowest BCUT2D eigenvalue weighted by Gasteiger charge is -2.15. The second kappa shape index (κ2) is 8.22. The van der Waals surface area contributed by atoms with Crippen LogP contribution in [0.25, 0.3) is 0 Å². The molecule has 0 heterocycles. The summed E-state index contributed by atoms with van der Waals surface area (Å²) in [7, 11) is -4.26. The van der Waals surface area contributed by atoms with Crippen LogP contribution in [0.4, 0.5) is 0 Å². The van der Waals surface area contributed by atoms with Crippen LogP contribution in [0.5, 0.6) is 0 Å². The summed E-state index contributed by atoms with van der Waals surface area (Å²) in [4.78, 5) is 16.8. The SMILES string of the molecule is CC(C)CC(O)P(=O)(O)O.NC1CCCCC1. The fraction of sp³-hybridized carbons (Fsp3) is 1.00. The van der Waals surface area contributed by atoms with E-state index in [9.17, 15) is 4.57 Å². The topological polar surface area (TPSA) is 104 Å². The Morgan fingerprint density at radius 2 is 1.71 bits per heavy atom. The quantitative estimate of drug-likeness (QED) is 0.584. The molecule has 1 saturated carbocycles. The van der Waals surface area contributed by atoms with Crippen LogP contribution in [0, 0.1) is 5.92 Å². The molecule has 1 aliphatic rings. The van der Waals surface area contributed by atoms with Gasteiger partial charge in [-0.25, -0.2) is 0 Å². The predicted octanol–water partition coefficient (Wildman–Crippen LogP) is 1.81. The van der Waals surface area contributed by atoms with Crippen LogP contribution in [0.1, 0.15) is 52.4 Å². The Morgan fingerprint density at radius 1 is 1.24 bits per heavy atom. The molecule has 0 amide bonds. The van der Waals surface area contributed by atoms with Crippen LogP contribution in [-0.4, -0.2) is 26.8 Å². The molecule has 5 nitrogen and oxygen atoms in total. The lowest BCUT2D eigenvalue weighted by atomic mass is 9.97. The van der Waals surface area contributed by atoms with Crippen LogP contribution in [0.3, 0.4) is 0 Å². The molecule has 1 unspecified atom stereocenters. The van der Waals surface area contributed by atoms with Gasteiger partial charge < -0.3 is 20.6 Å². The van der Waals surface area contributed by atoms with Crippen molar-refractivity contribution in [1.29, 1.82) is 0 Å². The minimum atomic E-state index is -4.26. The third-order valence-corrected chi connectivity index (χ3v) is 3.71. The van der Waals surface area contributed by atoms with Crippen LogP contribution < -0.4 is 5.73 Å². The van der Waals surface area contributed by atoms with Gasteiger partial charge in [0, 0.05) is 6.04 Å². The molecule has 5 N–H and O–H groups in total. The molecular formula is C11H26NO4P. The molecule has 0 aromatic heterocycles. The van der Waals surface area contributed by atoms with E-state index in [1.807, 2.05) is 0 Å². The third kappa shape index (κ3) is 9.74. The van der Waals surface area contributed by atoms with Gasteiger partial charge in [-0.15, -0.1) is 0 Å². The molecule has 0 aliphatic heterocycles. The molecule has 104 valence electrons. The first-order chi connectivity index (χ1) is 7.73. The van der Waals surface area contributed by atoms with Gasteiger partial charge in [0.2, 0.25) is 0 Å². The van der Waals surface area contributed by atoms with Crippen molar-refractivity contribution in [3.63, 3.8) is 0 Å². The van der Waals surface area contributed by atoms with E-state index < -0.39 is 13.4 Å². The molecule has 1 atom stereocenters. The van der Waals surface area contributed by atoms with Gasteiger partial charge in [-0.2, -0.15) is 0 Å². The highest BCUT2D eigenvalue weighted by molar-refractivity contribution is 7.52.